The summed E-state index contributed by atoms with van der Waals surface area (Å²) in [6.45, 7) is 3.43. The second kappa shape index (κ2) is 11.7. The number of aryl methyl sites for hydroxylation is 1. The van der Waals surface area contributed by atoms with Crippen LogP contribution in [0.3, 0.4) is 0 Å². The van der Waals surface area contributed by atoms with Crippen molar-refractivity contribution in [2.75, 3.05) is 37.4 Å². The number of anilines is 1. The summed E-state index contributed by atoms with van der Waals surface area (Å²) in [6.07, 6.45) is 0.882. The van der Waals surface area contributed by atoms with E-state index in [0.717, 1.165) is 23.7 Å². The molecular formula is C28H28N4O5S2. The van der Waals surface area contributed by atoms with Crippen LogP contribution in [0.4, 0.5) is 5.69 Å². The molecule has 0 saturated carbocycles. The molecule has 0 aliphatic carbocycles. The van der Waals surface area contributed by atoms with Crippen LogP contribution in [0, 0.1) is 0 Å². The zero-order valence-electron chi connectivity index (χ0n) is 21.4. The molecular weight excluding hydrogens is 536 g/mol. The number of rotatable bonds is 8. The van der Waals surface area contributed by atoms with Gasteiger partial charge in [0.2, 0.25) is 15.9 Å². The first-order chi connectivity index (χ1) is 18.9. The third-order valence-electron chi connectivity index (χ3n) is 6.43. The summed E-state index contributed by atoms with van der Waals surface area (Å²) < 4.78 is 33.8. The number of hydrogen-bond acceptors (Lipinski definition) is 7. The Labute approximate surface area is 230 Å². The molecule has 1 aromatic heterocycles. The molecule has 2 heterocycles. The molecule has 4 aromatic rings. The van der Waals surface area contributed by atoms with E-state index in [-0.39, 0.29) is 22.1 Å². The first kappa shape index (κ1) is 27.1. The lowest BCUT2D eigenvalue weighted by atomic mass is 10.1. The molecule has 1 fully saturated rings. The Morgan fingerprint density at radius 1 is 1.00 bits per heavy atom. The number of benzene rings is 3. The van der Waals surface area contributed by atoms with E-state index in [1.54, 1.807) is 30.3 Å². The number of amides is 1. The topological polar surface area (TPSA) is 111 Å². The van der Waals surface area contributed by atoms with E-state index in [2.05, 4.69) is 17.2 Å². The molecule has 3 aromatic carbocycles. The van der Waals surface area contributed by atoms with E-state index in [1.807, 2.05) is 30.3 Å². The Kier molecular flexibility index (Phi) is 8.12. The number of morpholine rings is 1. The van der Waals surface area contributed by atoms with Gasteiger partial charge >= 0.3 is 0 Å². The van der Waals surface area contributed by atoms with Gasteiger partial charge in [0.05, 0.1) is 40.5 Å². The third kappa shape index (κ3) is 5.91. The van der Waals surface area contributed by atoms with Crippen LogP contribution in [-0.2, 0) is 26.0 Å². The van der Waals surface area contributed by atoms with E-state index in [0.29, 0.717) is 53.7 Å². The van der Waals surface area contributed by atoms with Crippen molar-refractivity contribution >= 4 is 44.3 Å². The van der Waals surface area contributed by atoms with E-state index in [1.165, 1.54) is 21.0 Å². The number of nitrogens with zero attached hydrogens (tertiary/aromatic N) is 3. The highest BCUT2D eigenvalue weighted by Gasteiger charge is 2.26. The number of fused-ring (bicyclic) bond motifs is 1. The first-order valence-corrected chi connectivity index (χ1v) is 15.0. The van der Waals surface area contributed by atoms with Crippen LogP contribution in [-0.4, -0.2) is 60.2 Å². The van der Waals surface area contributed by atoms with E-state index >= 15 is 0 Å². The maximum Gasteiger partial charge on any atom is 0.266 e. The van der Waals surface area contributed by atoms with Crippen molar-refractivity contribution in [1.82, 2.24) is 13.9 Å². The molecule has 5 rings (SSSR count). The van der Waals surface area contributed by atoms with Crippen LogP contribution in [0.1, 0.15) is 12.5 Å². The van der Waals surface area contributed by atoms with Gasteiger partial charge in [0.15, 0.2) is 5.16 Å². The second-order valence-corrected chi connectivity index (χ2v) is 11.8. The normalized spacial score (nSPS) is 14.4. The van der Waals surface area contributed by atoms with E-state index in [9.17, 15) is 18.0 Å². The smallest absolute Gasteiger partial charge is 0.266 e. The Balaban J connectivity index is 1.33. The van der Waals surface area contributed by atoms with Crippen molar-refractivity contribution in [1.29, 1.82) is 0 Å². The summed E-state index contributed by atoms with van der Waals surface area (Å²) in [5, 5.41) is 3.70. The van der Waals surface area contributed by atoms with Crippen LogP contribution < -0.4 is 10.9 Å². The molecule has 0 radical (unpaired) electrons. The van der Waals surface area contributed by atoms with Gasteiger partial charge < -0.3 is 10.1 Å². The van der Waals surface area contributed by atoms with Crippen LogP contribution in [0.2, 0.25) is 0 Å². The van der Waals surface area contributed by atoms with Gasteiger partial charge in [-0.2, -0.15) is 4.31 Å². The van der Waals surface area contributed by atoms with Gasteiger partial charge in [0, 0.05) is 18.8 Å². The Morgan fingerprint density at radius 3 is 2.38 bits per heavy atom. The monoisotopic (exact) mass is 564 g/mol. The molecule has 1 N–H and O–H groups in total. The molecule has 1 saturated heterocycles. The zero-order valence-corrected chi connectivity index (χ0v) is 23.0. The Bertz CT molecular complexity index is 1650. The second-order valence-electron chi connectivity index (χ2n) is 8.95. The summed E-state index contributed by atoms with van der Waals surface area (Å²) in [4.78, 5) is 31.1. The minimum absolute atomic E-state index is 0.00561. The summed E-state index contributed by atoms with van der Waals surface area (Å²) in [5.41, 5.74) is 2.66. The van der Waals surface area contributed by atoms with E-state index < -0.39 is 10.0 Å². The van der Waals surface area contributed by atoms with Gasteiger partial charge in [-0.05, 0) is 60.5 Å². The molecule has 0 unspecified atom stereocenters. The number of aromatic nitrogens is 2. The fourth-order valence-electron chi connectivity index (χ4n) is 4.29. The SMILES string of the molecule is CCc1ccc(-n2c(SCC(=O)Nc3ccc(S(=O)(=O)N4CCOCC4)cc3)nc3ccccc3c2=O)cc1. The number of nitrogens with one attached hydrogen (secondary N) is 1. The number of thioether (sulfide) groups is 1. The summed E-state index contributed by atoms with van der Waals surface area (Å²) in [6, 6.07) is 20.9. The molecule has 0 bridgehead atoms. The summed E-state index contributed by atoms with van der Waals surface area (Å²) in [5.74, 6) is -0.301. The number of carbonyl (C=O) groups excluding carboxylic acids is 1. The van der Waals surface area contributed by atoms with Crippen LogP contribution in [0.25, 0.3) is 16.6 Å². The highest BCUT2D eigenvalue weighted by atomic mass is 32.2. The number of hydrogen-bond donors (Lipinski definition) is 1. The van der Waals surface area contributed by atoms with Gasteiger partial charge in [-0.15, -0.1) is 0 Å². The van der Waals surface area contributed by atoms with E-state index in [4.69, 9.17) is 4.74 Å². The fourth-order valence-corrected chi connectivity index (χ4v) is 6.51. The molecule has 1 amide bonds. The Hall–Kier alpha value is -3.51. The third-order valence-corrected chi connectivity index (χ3v) is 9.28. The highest BCUT2D eigenvalue weighted by Crippen LogP contribution is 2.23. The molecule has 202 valence electrons. The van der Waals surface area contributed by atoms with Crippen LogP contribution in [0.15, 0.2) is 87.6 Å². The Morgan fingerprint density at radius 2 is 1.69 bits per heavy atom. The van der Waals surface area contributed by atoms with Crippen molar-refractivity contribution in [2.24, 2.45) is 0 Å². The van der Waals surface area contributed by atoms with Gasteiger partial charge in [0.1, 0.15) is 0 Å². The fraction of sp³-hybridized carbons (Fsp3) is 0.250. The van der Waals surface area contributed by atoms with Gasteiger partial charge in [-0.1, -0.05) is 43.0 Å². The summed E-state index contributed by atoms with van der Waals surface area (Å²) in [7, 11) is -3.62. The van der Waals surface area contributed by atoms with Crippen LogP contribution >= 0.6 is 11.8 Å². The molecule has 1 aliphatic heterocycles. The average Bonchev–Trinajstić information content (AvgIpc) is 2.97. The number of carbonyl (C=O) groups is 1. The predicted octanol–water partition coefficient (Wildman–Crippen LogP) is 3.70. The van der Waals surface area contributed by atoms with Crippen molar-refractivity contribution in [3.8, 4) is 5.69 Å². The lowest BCUT2D eigenvalue weighted by molar-refractivity contribution is -0.113. The first-order valence-electron chi connectivity index (χ1n) is 12.6. The maximum absolute atomic E-state index is 13.4. The summed E-state index contributed by atoms with van der Waals surface area (Å²) >= 11 is 1.16. The number of para-hydroxylation sites is 1. The predicted molar refractivity (Wildman–Crippen MR) is 152 cm³/mol. The highest BCUT2D eigenvalue weighted by molar-refractivity contribution is 7.99. The zero-order chi connectivity index (χ0) is 27.4. The largest absolute Gasteiger partial charge is 0.379 e. The van der Waals surface area contributed by atoms with Gasteiger partial charge in [0.25, 0.3) is 5.56 Å². The standard InChI is InChI=1S/C28H28N4O5S2/c1-2-20-7-11-22(12-8-20)32-27(34)24-5-3-4-6-25(24)30-28(32)38-19-26(33)29-21-9-13-23(14-10-21)39(35,36)31-15-17-37-18-16-31/h3-14H,2,15-19H2,1H3,(H,29,33). The van der Waals surface area contributed by atoms with Gasteiger partial charge in [-0.25, -0.2) is 13.4 Å². The molecule has 39 heavy (non-hydrogen) atoms. The van der Waals surface area contributed by atoms with Crippen molar-refractivity contribution < 1.29 is 17.9 Å². The molecule has 0 atom stereocenters. The molecule has 9 nitrogen and oxygen atoms in total. The van der Waals surface area contributed by atoms with Gasteiger partial charge in [-0.3, -0.25) is 14.2 Å². The van der Waals surface area contributed by atoms with Crippen molar-refractivity contribution in [3.63, 3.8) is 0 Å². The quantitative estimate of drug-likeness (QED) is 0.257. The molecule has 0 spiro atoms. The molecule has 11 heteroatoms. The van der Waals surface area contributed by atoms with Crippen LogP contribution in [0.5, 0.6) is 0 Å². The minimum atomic E-state index is -3.62. The number of sulfonamides is 1. The van der Waals surface area contributed by atoms with Crippen molar-refractivity contribution in [3.05, 3.63) is 88.7 Å². The minimum Gasteiger partial charge on any atom is -0.379 e. The maximum atomic E-state index is 13.4. The molecule has 1 aliphatic rings. The lowest BCUT2D eigenvalue weighted by Gasteiger charge is -2.26. The lowest BCUT2D eigenvalue weighted by Crippen LogP contribution is -2.40. The average molecular weight is 565 g/mol. The number of ether oxygens (including phenoxy) is 1. The van der Waals surface area contributed by atoms with Crippen molar-refractivity contribution in [2.45, 2.75) is 23.4 Å².